The highest BCUT2D eigenvalue weighted by molar-refractivity contribution is 7.98. The van der Waals surface area contributed by atoms with Crippen molar-refractivity contribution in [3.05, 3.63) is 59.2 Å². The summed E-state index contributed by atoms with van der Waals surface area (Å²) in [5.74, 6) is -1.10. The molecular weight excluding hydrogens is 362 g/mol. The van der Waals surface area contributed by atoms with Gasteiger partial charge in [-0.1, -0.05) is 18.2 Å². The number of anilines is 1. The monoisotopic (exact) mass is 385 g/mol. The first-order valence-electron chi connectivity index (χ1n) is 8.59. The van der Waals surface area contributed by atoms with Crippen LogP contribution in [-0.2, 0) is 14.3 Å². The van der Waals surface area contributed by atoms with E-state index in [9.17, 15) is 14.4 Å². The predicted molar refractivity (Wildman–Crippen MR) is 107 cm³/mol. The summed E-state index contributed by atoms with van der Waals surface area (Å²) in [7, 11) is 0. The molecule has 2 aromatic carbocycles. The van der Waals surface area contributed by atoms with Crippen molar-refractivity contribution in [3.63, 3.8) is 0 Å². The second kappa shape index (κ2) is 9.92. The molecule has 0 aliphatic heterocycles. The molecule has 2 aromatic rings. The van der Waals surface area contributed by atoms with Gasteiger partial charge in [-0.25, -0.2) is 0 Å². The smallest absolute Gasteiger partial charge is 0.306 e. The normalized spacial score (nSPS) is 10.3. The Bertz CT molecular complexity index is 848. The fraction of sp³-hybridized carbons (Fsp3) is 0.286. The van der Waals surface area contributed by atoms with E-state index in [2.05, 4.69) is 5.32 Å². The van der Waals surface area contributed by atoms with Crippen molar-refractivity contribution >= 4 is 35.1 Å². The molecule has 2 rings (SSSR count). The van der Waals surface area contributed by atoms with Gasteiger partial charge >= 0.3 is 5.97 Å². The lowest BCUT2D eigenvalue weighted by Crippen LogP contribution is -2.21. The van der Waals surface area contributed by atoms with E-state index in [0.29, 0.717) is 11.3 Å². The van der Waals surface area contributed by atoms with E-state index in [1.807, 2.05) is 50.4 Å². The van der Waals surface area contributed by atoms with Crippen LogP contribution in [0.2, 0.25) is 0 Å². The average Bonchev–Trinajstić information content (AvgIpc) is 2.66. The summed E-state index contributed by atoms with van der Waals surface area (Å²) in [5.41, 5.74) is 3.37. The standard InChI is InChI=1S/C21H23NO4S/c1-14-7-8-16(11-15(14)2)19(23)9-10-21(25)26-13-20(24)22-17-5-4-6-18(12-17)27-3/h4-8,11-12H,9-10,13H2,1-3H3,(H,22,24). The van der Waals surface area contributed by atoms with Crippen molar-refractivity contribution in [2.45, 2.75) is 31.6 Å². The van der Waals surface area contributed by atoms with E-state index < -0.39 is 11.9 Å². The third-order valence-corrected chi connectivity index (χ3v) is 4.83. The highest BCUT2D eigenvalue weighted by Crippen LogP contribution is 2.19. The van der Waals surface area contributed by atoms with Gasteiger partial charge < -0.3 is 10.1 Å². The molecule has 0 saturated carbocycles. The van der Waals surface area contributed by atoms with E-state index in [0.717, 1.165) is 16.0 Å². The minimum atomic E-state index is -0.569. The Balaban J connectivity index is 1.75. The van der Waals surface area contributed by atoms with Gasteiger partial charge in [-0.15, -0.1) is 11.8 Å². The molecule has 0 heterocycles. The number of Topliss-reactive ketones (excluding diaryl/α,β-unsaturated/α-hetero) is 1. The Morgan fingerprint density at radius 2 is 1.78 bits per heavy atom. The van der Waals surface area contributed by atoms with Crippen molar-refractivity contribution in [1.82, 2.24) is 0 Å². The lowest BCUT2D eigenvalue weighted by Gasteiger charge is -2.08. The molecule has 1 N–H and O–H groups in total. The van der Waals surface area contributed by atoms with Gasteiger partial charge in [0.2, 0.25) is 0 Å². The van der Waals surface area contributed by atoms with Crippen molar-refractivity contribution in [3.8, 4) is 0 Å². The van der Waals surface area contributed by atoms with Crippen LogP contribution in [0.1, 0.15) is 34.3 Å². The van der Waals surface area contributed by atoms with Crippen LogP contribution in [0.4, 0.5) is 5.69 Å². The molecule has 0 unspecified atom stereocenters. The Morgan fingerprint density at radius 3 is 2.48 bits per heavy atom. The van der Waals surface area contributed by atoms with Crippen LogP contribution >= 0.6 is 11.8 Å². The van der Waals surface area contributed by atoms with E-state index in [4.69, 9.17) is 4.74 Å². The Labute approximate surface area is 163 Å². The number of nitrogens with one attached hydrogen (secondary N) is 1. The van der Waals surface area contributed by atoms with Crippen LogP contribution in [0, 0.1) is 13.8 Å². The summed E-state index contributed by atoms with van der Waals surface area (Å²) < 4.78 is 4.95. The molecule has 0 bridgehead atoms. The van der Waals surface area contributed by atoms with Gasteiger partial charge in [0.25, 0.3) is 5.91 Å². The number of carbonyl (C=O) groups excluding carboxylic acids is 3. The van der Waals surface area contributed by atoms with E-state index in [1.165, 1.54) is 0 Å². The maximum Gasteiger partial charge on any atom is 0.306 e. The highest BCUT2D eigenvalue weighted by Gasteiger charge is 2.12. The fourth-order valence-corrected chi connectivity index (χ4v) is 2.85. The summed E-state index contributed by atoms with van der Waals surface area (Å²) in [5, 5.41) is 2.68. The molecule has 0 aliphatic rings. The Hall–Kier alpha value is -2.60. The van der Waals surface area contributed by atoms with Crippen LogP contribution in [0.3, 0.4) is 0 Å². The highest BCUT2D eigenvalue weighted by atomic mass is 32.2. The van der Waals surface area contributed by atoms with Crippen molar-refractivity contribution < 1.29 is 19.1 Å². The van der Waals surface area contributed by atoms with Crippen LogP contribution in [0.25, 0.3) is 0 Å². The van der Waals surface area contributed by atoms with Crippen molar-refractivity contribution in [1.29, 1.82) is 0 Å². The topological polar surface area (TPSA) is 72.5 Å². The maximum atomic E-state index is 12.2. The van der Waals surface area contributed by atoms with Gasteiger partial charge in [0, 0.05) is 22.6 Å². The van der Waals surface area contributed by atoms with Gasteiger partial charge in [0.15, 0.2) is 12.4 Å². The largest absolute Gasteiger partial charge is 0.456 e. The van der Waals surface area contributed by atoms with Gasteiger partial charge in [-0.05, 0) is 55.5 Å². The molecule has 6 heteroatoms. The molecule has 0 saturated heterocycles. The summed E-state index contributed by atoms with van der Waals surface area (Å²) in [6.45, 7) is 3.54. The number of carbonyl (C=O) groups is 3. The van der Waals surface area contributed by atoms with Gasteiger partial charge in [0.05, 0.1) is 6.42 Å². The minimum Gasteiger partial charge on any atom is -0.456 e. The molecular formula is C21H23NO4S. The average molecular weight is 385 g/mol. The number of ketones is 1. The fourth-order valence-electron chi connectivity index (χ4n) is 2.39. The SMILES string of the molecule is CSc1cccc(NC(=O)COC(=O)CCC(=O)c2ccc(C)c(C)c2)c1. The summed E-state index contributed by atoms with van der Waals surface area (Å²) >= 11 is 1.57. The quantitative estimate of drug-likeness (QED) is 0.419. The molecule has 1 amide bonds. The molecule has 5 nitrogen and oxygen atoms in total. The second-order valence-corrected chi connectivity index (χ2v) is 7.04. The van der Waals surface area contributed by atoms with Crippen LogP contribution in [0.15, 0.2) is 47.4 Å². The number of esters is 1. The minimum absolute atomic E-state index is 0.0543. The second-order valence-electron chi connectivity index (χ2n) is 6.16. The molecule has 142 valence electrons. The van der Waals surface area contributed by atoms with Crippen LogP contribution in [0.5, 0.6) is 0 Å². The maximum absolute atomic E-state index is 12.2. The first-order valence-corrected chi connectivity index (χ1v) is 9.81. The van der Waals surface area contributed by atoms with Gasteiger partial charge in [0.1, 0.15) is 0 Å². The zero-order valence-corrected chi connectivity index (χ0v) is 16.5. The van der Waals surface area contributed by atoms with Crippen molar-refractivity contribution in [2.24, 2.45) is 0 Å². The molecule has 0 atom stereocenters. The van der Waals surface area contributed by atoms with Gasteiger partial charge in [-0.2, -0.15) is 0 Å². The molecule has 0 aromatic heterocycles. The molecule has 0 spiro atoms. The lowest BCUT2D eigenvalue weighted by molar-refractivity contribution is -0.147. The number of hydrogen-bond acceptors (Lipinski definition) is 5. The van der Waals surface area contributed by atoms with E-state index in [1.54, 1.807) is 23.9 Å². The number of ether oxygens (including phenoxy) is 1. The number of benzene rings is 2. The number of hydrogen-bond donors (Lipinski definition) is 1. The number of rotatable bonds is 8. The number of amides is 1. The van der Waals surface area contributed by atoms with Gasteiger partial charge in [-0.3, -0.25) is 14.4 Å². The Kier molecular flexibility index (Phi) is 7.61. The van der Waals surface area contributed by atoms with Crippen LogP contribution < -0.4 is 5.32 Å². The third kappa shape index (κ3) is 6.57. The van der Waals surface area contributed by atoms with Crippen LogP contribution in [-0.4, -0.2) is 30.5 Å². The Morgan fingerprint density at radius 1 is 1.00 bits per heavy atom. The summed E-state index contributed by atoms with van der Waals surface area (Å²) in [6.07, 6.45) is 1.95. The summed E-state index contributed by atoms with van der Waals surface area (Å²) in [6, 6.07) is 12.8. The van der Waals surface area contributed by atoms with E-state index in [-0.39, 0.29) is 25.2 Å². The molecule has 0 aliphatic carbocycles. The predicted octanol–water partition coefficient (Wildman–Crippen LogP) is 4.17. The molecule has 27 heavy (non-hydrogen) atoms. The van der Waals surface area contributed by atoms with E-state index >= 15 is 0 Å². The zero-order chi connectivity index (χ0) is 19.8. The number of thioether (sulfide) groups is 1. The first kappa shape index (κ1) is 20.7. The number of aryl methyl sites for hydroxylation is 2. The summed E-state index contributed by atoms with van der Waals surface area (Å²) in [4.78, 5) is 36.9. The zero-order valence-electron chi connectivity index (χ0n) is 15.7. The molecule has 0 radical (unpaired) electrons. The lowest BCUT2D eigenvalue weighted by atomic mass is 10.0. The first-order chi connectivity index (χ1) is 12.9. The van der Waals surface area contributed by atoms with Crippen molar-refractivity contribution in [2.75, 3.05) is 18.2 Å². The third-order valence-electron chi connectivity index (χ3n) is 4.10. The molecule has 0 fully saturated rings.